The molecule has 5 aliphatic heterocycles. The number of aromatic hydroxyl groups is 26. The number of hydrogen-bond acceptors (Lipinski definition) is 48. The highest BCUT2D eigenvalue weighted by atomic mass is 16.8. The Bertz CT molecular complexity index is 6140. The second-order valence-electron chi connectivity index (χ2n) is 26.8. The van der Waals surface area contributed by atoms with Crippen LogP contribution in [0.25, 0.3) is 33.4 Å². The molecule has 48 heteroatoms. The van der Waals surface area contributed by atoms with Crippen molar-refractivity contribution in [2.45, 2.75) is 61.4 Å². The van der Waals surface area contributed by atoms with E-state index in [0.717, 1.165) is 0 Å². The first-order chi connectivity index (χ1) is 57.9. The average molecular weight is 1720 g/mol. The molecule has 0 aromatic heterocycles. The molecule has 10 atom stereocenters. The van der Waals surface area contributed by atoms with Crippen LogP contribution in [-0.4, -0.2) is 266 Å². The zero-order valence-electron chi connectivity index (χ0n) is 60.2. The SMILES string of the molecule is O=C(OC[C@@H]1O[C@@H](OC(=O)c2cc(O)c(O)c(Oc3c(O)c(O)c(O)c4c3C(=O)O[C@@H]3[C@H]5OC(=O)c6cc(O)c(O)c(O)c6-c6c(cc(O)c(O)c6O)C(=O)O[C@H]5[C@H](OC(=O)c5cc(O)c(O)c(O)c5)O[C@@H]3COC(=O)c3cc(O)c(O)c(O)c3-4)c2)[C@@H]2OC(=O)c3cc(O)c(O)c(O)c3-c3c(cc(O)c(O)c3O)C(=O)O[C@@H]2[C@H]1O)c1cc(O)c(O)c(O)c1. The number of carbonyl (C=O) groups is 9. The normalized spacial score (nSPS) is 20.3. The van der Waals surface area contributed by atoms with E-state index in [-0.39, 0.29) is 30.3 Å². The fourth-order valence-electron chi connectivity index (χ4n) is 13.5. The van der Waals surface area contributed by atoms with E-state index in [4.69, 9.17) is 56.8 Å². The molecular weight excluding hydrogens is 1670 g/mol. The summed E-state index contributed by atoms with van der Waals surface area (Å²) in [5.74, 6) is -60.5. The van der Waals surface area contributed by atoms with Crippen LogP contribution in [0.2, 0.25) is 0 Å². The van der Waals surface area contributed by atoms with Crippen LogP contribution >= 0.6 is 0 Å². The first-order valence-corrected chi connectivity index (χ1v) is 34.2. The number of hydrogen-bond donors (Lipinski definition) is 27. The van der Waals surface area contributed by atoms with Crippen molar-refractivity contribution in [3.63, 3.8) is 0 Å². The van der Waals surface area contributed by atoms with E-state index in [1.54, 1.807) is 0 Å². The van der Waals surface area contributed by atoms with Gasteiger partial charge in [-0.05, 0) is 66.7 Å². The van der Waals surface area contributed by atoms with Crippen molar-refractivity contribution in [3.8, 4) is 194 Å². The number of aliphatic hydroxyl groups excluding tert-OH is 1. The third kappa shape index (κ3) is 13.6. The van der Waals surface area contributed by atoms with Gasteiger partial charge < -0.3 is 195 Å². The smallest absolute Gasteiger partial charge is 0.343 e. The summed E-state index contributed by atoms with van der Waals surface area (Å²) in [5, 5.41) is 298. The fraction of sp³-hybridized carbons (Fsp3) is 0.160. The van der Waals surface area contributed by atoms with Gasteiger partial charge in [0.1, 0.15) is 37.1 Å². The summed E-state index contributed by atoms with van der Waals surface area (Å²) >= 11 is 0. The lowest BCUT2D eigenvalue weighted by Crippen LogP contribution is -2.63. The molecule has 14 rings (SSSR count). The molecule has 0 radical (unpaired) electrons. The van der Waals surface area contributed by atoms with Crippen LogP contribution < -0.4 is 4.74 Å². The van der Waals surface area contributed by atoms with E-state index < -0.39 is 373 Å². The zero-order valence-corrected chi connectivity index (χ0v) is 60.2. The van der Waals surface area contributed by atoms with Gasteiger partial charge >= 0.3 is 53.7 Å². The maximum absolute atomic E-state index is 16.0. The van der Waals surface area contributed by atoms with E-state index >= 15 is 9.59 Å². The van der Waals surface area contributed by atoms with E-state index in [9.17, 15) is 171 Å². The lowest BCUT2D eigenvalue weighted by atomic mass is 9.90. The highest BCUT2D eigenvalue weighted by Gasteiger charge is 2.58. The Morgan fingerprint density at radius 1 is 0.301 bits per heavy atom. The van der Waals surface area contributed by atoms with Crippen LogP contribution in [0.5, 0.6) is 161 Å². The minimum absolute atomic E-state index is 0.221. The molecule has 5 aliphatic rings. The summed E-state index contributed by atoms with van der Waals surface area (Å²) in [6.45, 7) is -2.96. The molecule has 0 bridgehead atoms. The number of phenols is 26. The van der Waals surface area contributed by atoms with Crippen LogP contribution in [0.4, 0.5) is 0 Å². The van der Waals surface area contributed by atoms with Gasteiger partial charge in [-0.15, -0.1) is 0 Å². The van der Waals surface area contributed by atoms with Crippen molar-refractivity contribution < 1.29 is 238 Å². The molecule has 2 saturated heterocycles. The Morgan fingerprint density at radius 2 is 0.618 bits per heavy atom. The highest BCUT2D eigenvalue weighted by Crippen LogP contribution is 2.61. The molecule has 123 heavy (non-hydrogen) atoms. The number of cyclic esters (lactones) is 1. The second-order valence-corrected chi connectivity index (χ2v) is 26.8. The van der Waals surface area contributed by atoms with E-state index in [2.05, 4.69) is 0 Å². The van der Waals surface area contributed by atoms with Crippen molar-refractivity contribution in [2.24, 2.45) is 0 Å². The average Bonchev–Trinajstić information content (AvgIpc) is 1.44. The van der Waals surface area contributed by atoms with Gasteiger partial charge in [-0.1, -0.05) is 0 Å². The minimum atomic E-state index is -2.95. The summed E-state index contributed by atoms with van der Waals surface area (Å²) < 4.78 is 68.0. The third-order valence-corrected chi connectivity index (χ3v) is 19.4. The molecule has 640 valence electrons. The Balaban J connectivity index is 0.906. The van der Waals surface area contributed by atoms with E-state index in [1.807, 2.05) is 0 Å². The number of phenolic OH excluding ortho intramolecular Hbond substituents is 26. The molecule has 0 unspecified atom stereocenters. The molecule has 27 N–H and O–H groups in total. The van der Waals surface area contributed by atoms with Gasteiger partial charge in [-0.3, -0.25) is 0 Å². The molecule has 9 aromatic rings. The van der Waals surface area contributed by atoms with Crippen molar-refractivity contribution >= 4 is 53.7 Å². The molecule has 0 saturated carbocycles. The lowest BCUT2D eigenvalue weighted by Gasteiger charge is -2.44. The Morgan fingerprint density at radius 3 is 1.03 bits per heavy atom. The van der Waals surface area contributed by atoms with Crippen molar-refractivity contribution in [3.05, 3.63) is 117 Å². The second kappa shape index (κ2) is 30.0. The predicted octanol–water partition coefficient (Wildman–Crippen LogP) is 2.73. The lowest BCUT2D eigenvalue weighted by molar-refractivity contribution is -0.283. The van der Waals surface area contributed by atoms with E-state index in [0.29, 0.717) is 36.4 Å². The molecule has 9 aromatic carbocycles. The number of benzene rings is 9. The third-order valence-electron chi connectivity index (χ3n) is 19.4. The van der Waals surface area contributed by atoms with Crippen LogP contribution in [0.3, 0.4) is 0 Å². The molecule has 0 amide bonds. The summed E-state index contributed by atoms with van der Waals surface area (Å²) in [5.41, 5.74) is -19.4. The fourth-order valence-corrected chi connectivity index (χ4v) is 13.5. The maximum Gasteiger partial charge on any atom is 0.343 e. The van der Waals surface area contributed by atoms with Crippen LogP contribution in [0.15, 0.2) is 66.7 Å². The van der Waals surface area contributed by atoms with Gasteiger partial charge in [0.15, 0.2) is 133 Å². The summed E-state index contributed by atoms with van der Waals surface area (Å²) in [6, 6.07) is 3.85. The Labute approximate surface area is 675 Å². The molecule has 0 spiro atoms. The first kappa shape index (κ1) is 82.2. The molecule has 48 nitrogen and oxygen atoms in total. The van der Waals surface area contributed by atoms with Crippen LogP contribution in [0, 0.1) is 0 Å². The Kier molecular flexibility index (Phi) is 20.1. The van der Waals surface area contributed by atoms with Gasteiger partial charge in [-0.25, -0.2) is 43.2 Å². The molecule has 0 aliphatic carbocycles. The topological polar surface area (TPSA) is 811 Å². The summed E-state index contributed by atoms with van der Waals surface area (Å²) in [7, 11) is 0. The van der Waals surface area contributed by atoms with Gasteiger partial charge in [0.2, 0.25) is 70.8 Å². The molecule has 2 fully saturated rings. The van der Waals surface area contributed by atoms with Crippen LogP contribution in [-0.2, 0) is 52.1 Å². The van der Waals surface area contributed by atoms with E-state index in [1.165, 1.54) is 0 Å². The largest absolute Gasteiger partial charge is 0.504 e. The number of carbonyl (C=O) groups excluding carboxylic acids is 9. The summed E-state index contributed by atoms with van der Waals surface area (Å²) in [6.07, 6.45) is -27.4. The van der Waals surface area contributed by atoms with Gasteiger partial charge in [0, 0.05) is 27.8 Å². The monoisotopic (exact) mass is 1720 g/mol. The quantitative estimate of drug-likeness (QED) is 0.0561. The number of rotatable bonds is 9. The van der Waals surface area contributed by atoms with Crippen molar-refractivity contribution in [1.82, 2.24) is 0 Å². The zero-order chi connectivity index (χ0) is 89.5. The predicted molar refractivity (Wildman–Crippen MR) is 379 cm³/mol. The standard InChI is InChI=1S/C75H52O48/c76-22-1-14(2-23(77)42(22)86)65(103)112-12-33-50(94)61-63(120-71(109)20-10-30(84)47(91)53(97)37(20)35-18(69(107)118-61)8-28(82)45(89)51(35)95)74(115-33)123-67(105)16-5-26(80)44(88)32(6-16)114-60-41-40(56(100)57(101)58(60)102)39-17(7-27(81)49(93)55(39)99)68(106)113-13-34-59(117-73(41)111)62-64(75(116-34)122-66(104)15-3-24(78)43(87)25(79)4-15)121-72(110)21-11-31(85)48(92)54(98)38(21)36-19(70(108)119-62)9-29(83)46(90)52(36)96/h1-11,33-34,50,59,61-64,74-102H,12-13H2/t33-,34+,50-,59-,61+,62+,63+,64+,74-,75-/m0/s1. The first-order valence-electron chi connectivity index (χ1n) is 34.2. The van der Waals surface area contributed by atoms with Crippen molar-refractivity contribution in [2.75, 3.05) is 13.2 Å². The maximum atomic E-state index is 16.0. The molecular formula is C75H52O48. The highest BCUT2D eigenvalue weighted by molar-refractivity contribution is 6.13. The number of esters is 9. The minimum Gasteiger partial charge on any atom is -0.504 e. The van der Waals surface area contributed by atoms with Gasteiger partial charge in [0.25, 0.3) is 0 Å². The van der Waals surface area contributed by atoms with Crippen LogP contribution in [0.1, 0.15) is 93.2 Å². The Hall–Kier alpha value is -17.3. The summed E-state index contributed by atoms with van der Waals surface area (Å²) in [4.78, 5) is 133. The number of aliphatic hydroxyl groups is 1. The van der Waals surface area contributed by atoms with Gasteiger partial charge in [0.05, 0.1) is 50.1 Å². The van der Waals surface area contributed by atoms with Gasteiger partial charge in [-0.2, -0.15) is 0 Å². The molecule has 5 heterocycles. The number of ether oxygens (including phenoxy) is 12. The van der Waals surface area contributed by atoms with Crippen molar-refractivity contribution in [1.29, 1.82) is 0 Å². The number of fused-ring (bicyclic) bond motifs is 13.